The van der Waals surface area contributed by atoms with Crippen LogP contribution in [0.5, 0.6) is 0 Å². The van der Waals surface area contributed by atoms with E-state index in [1.807, 2.05) is 0 Å². The Balaban J connectivity index is 2.39. The van der Waals surface area contributed by atoms with Gasteiger partial charge in [0, 0.05) is 0 Å². The van der Waals surface area contributed by atoms with Crippen molar-refractivity contribution in [3.05, 3.63) is 24.0 Å². The zero-order valence-corrected chi connectivity index (χ0v) is 7.34. The normalized spacial score (nSPS) is 10.4. The van der Waals surface area contributed by atoms with Crippen LogP contribution < -0.4 is 11.5 Å². The Kier molecular flexibility index (Phi) is 2.11. The first-order chi connectivity index (χ1) is 6.79. The summed E-state index contributed by atoms with van der Waals surface area (Å²) in [6.45, 7) is 0.242. The molecule has 72 valence electrons. The first-order valence-corrected chi connectivity index (χ1v) is 4.05. The van der Waals surface area contributed by atoms with Gasteiger partial charge in [0.25, 0.3) is 5.89 Å². The van der Waals surface area contributed by atoms with E-state index in [1.54, 1.807) is 18.2 Å². The number of hydrogen-bond acceptors (Lipinski definition) is 6. The van der Waals surface area contributed by atoms with Crippen LogP contribution in [0.25, 0.3) is 11.6 Å². The lowest BCUT2D eigenvalue weighted by Gasteiger charge is -1.93. The lowest BCUT2D eigenvalue weighted by Crippen LogP contribution is -1.98. The SMILES string of the molecule is NCc1noc(-c2cccc(N)n2)n1. The maximum atomic E-state index is 5.51. The quantitative estimate of drug-likeness (QED) is 0.701. The highest BCUT2D eigenvalue weighted by molar-refractivity contribution is 5.49. The molecule has 0 saturated carbocycles. The van der Waals surface area contributed by atoms with Gasteiger partial charge in [-0.25, -0.2) is 4.98 Å². The fourth-order valence-electron chi connectivity index (χ4n) is 1.01. The van der Waals surface area contributed by atoms with Gasteiger partial charge in [0.05, 0.1) is 6.54 Å². The minimum absolute atomic E-state index is 0.242. The molecule has 0 unspecified atom stereocenters. The second kappa shape index (κ2) is 3.43. The van der Waals surface area contributed by atoms with Gasteiger partial charge in [0.2, 0.25) is 0 Å². The van der Waals surface area contributed by atoms with Crippen molar-refractivity contribution in [3.63, 3.8) is 0 Å². The van der Waals surface area contributed by atoms with Crippen molar-refractivity contribution >= 4 is 5.82 Å². The second-order valence-corrected chi connectivity index (χ2v) is 2.67. The molecule has 0 aliphatic carbocycles. The molecule has 0 aliphatic heterocycles. The fourth-order valence-corrected chi connectivity index (χ4v) is 1.01. The molecule has 0 aliphatic rings. The van der Waals surface area contributed by atoms with Crippen LogP contribution in [0.2, 0.25) is 0 Å². The van der Waals surface area contributed by atoms with Gasteiger partial charge in [-0.1, -0.05) is 11.2 Å². The van der Waals surface area contributed by atoms with Gasteiger partial charge in [-0.05, 0) is 12.1 Å². The van der Waals surface area contributed by atoms with Crippen LogP contribution in [0.3, 0.4) is 0 Å². The number of aromatic nitrogens is 3. The van der Waals surface area contributed by atoms with E-state index in [-0.39, 0.29) is 6.54 Å². The van der Waals surface area contributed by atoms with Crippen molar-refractivity contribution in [2.75, 3.05) is 5.73 Å². The van der Waals surface area contributed by atoms with E-state index >= 15 is 0 Å². The molecular weight excluding hydrogens is 182 g/mol. The molecule has 0 atom stereocenters. The van der Waals surface area contributed by atoms with Gasteiger partial charge >= 0.3 is 0 Å². The largest absolute Gasteiger partial charge is 0.384 e. The molecule has 0 amide bonds. The molecule has 0 radical (unpaired) electrons. The van der Waals surface area contributed by atoms with Crippen molar-refractivity contribution < 1.29 is 4.52 Å². The summed E-state index contributed by atoms with van der Waals surface area (Å²) in [5, 5.41) is 3.65. The highest BCUT2D eigenvalue weighted by atomic mass is 16.5. The third kappa shape index (κ3) is 1.55. The van der Waals surface area contributed by atoms with Crippen molar-refractivity contribution in [1.29, 1.82) is 0 Å². The summed E-state index contributed by atoms with van der Waals surface area (Å²) in [5.74, 6) is 1.19. The monoisotopic (exact) mass is 191 g/mol. The Morgan fingerprint density at radius 1 is 1.29 bits per heavy atom. The molecule has 2 aromatic rings. The van der Waals surface area contributed by atoms with Gasteiger partial charge in [-0.15, -0.1) is 0 Å². The molecule has 0 spiro atoms. The molecule has 0 aromatic carbocycles. The Hall–Kier alpha value is -1.95. The van der Waals surface area contributed by atoms with Gasteiger partial charge in [-0.3, -0.25) is 0 Å². The van der Waals surface area contributed by atoms with Crippen molar-refractivity contribution in [2.24, 2.45) is 5.73 Å². The number of anilines is 1. The number of hydrogen-bond donors (Lipinski definition) is 2. The first-order valence-electron chi connectivity index (χ1n) is 4.05. The molecule has 2 rings (SSSR count). The van der Waals surface area contributed by atoms with Crippen molar-refractivity contribution in [1.82, 2.24) is 15.1 Å². The molecule has 4 N–H and O–H groups in total. The second-order valence-electron chi connectivity index (χ2n) is 2.67. The van der Waals surface area contributed by atoms with Crippen LogP contribution in [0.1, 0.15) is 5.82 Å². The summed E-state index contributed by atoms with van der Waals surface area (Å²) >= 11 is 0. The summed E-state index contributed by atoms with van der Waals surface area (Å²) in [6.07, 6.45) is 0. The fraction of sp³-hybridized carbons (Fsp3) is 0.125. The predicted molar refractivity (Wildman–Crippen MR) is 49.8 cm³/mol. The molecule has 0 bridgehead atoms. The molecule has 6 nitrogen and oxygen atoms in total. The van der Waals surface area contributed by atoms with Crippen molar-refractivity contribution in [3.8, 4) is 11.6 Å². The van der Waals surface area contributed by atoms with Crippen LogP contribution in [0.4, 0.5) is 5.82 Å². The number of nitrogen functional groups attached to an aromatic ring is 1. The Labute approximate surface area is 79.9 Å². The standard InChI is InChI=1S/C8H9N5O/c9-4-7-12-8(14-13-7)5-2-1-3-6(10)11-5/h1-3H,4,9H2,(H2,10,11). The number of rotatable bonds is 2. The minimum Gasteiger partial charge on any atom is -0.384 e. The maximum Gasteiger partial charge on any atom is 0.276 e. The average molecular weight is 191 g/mol. The van der Waals surface area contributed by atoms with Crippen LogP contribution in [-0.2, 0) is 6.54 Å². The van der Waals surface area contributed by atoms with E-state index in [9.17, 15) is 0 Å². The Morgan fingerprint density at radius 3 is 2.79 bits per heavy atom. The van der Waals surface area contributed by atoms with Gasteiger partial charge in [0.1, 0.15) is 11.5 Å². The lowest BCUT2D eigenvalue weighted by molar-refractivity contribution is 0.421. The van der Waals surface area contributed by atoms with Crippen LogP contribution >= 0.6 is 0 Å². The molecule has 0 fully saturated rings. The zero-order chi connectivity index (χ0) is 9.97. The summed E-state index contributed by atoms with van der Waals surface area (Å²) < 4.78 is 4.94. The van der Waals surface area contributed by atoms with Gasteiger partial charge in [-0.2, -0.15) is 4.98 Å². The summed E-state index contributed by atoms with van der Waals surface area (Å²) in [6, 6.07) is 5.19. The third-order valence-electron chi connectivity index (χ3n) is 1.64. The van der Waals surface area contributed by atoms with E-state index in [0.717, 1.165) is 0 Å². The van der Waals surface area contributed by atoms with Crippen LogP contribution in [-0.4, -0.2) is 15.1 Å². The van der Waals surface area contributed by atoms with Crippen LogP contribution in [0.15, 0.2) is 22.7 Å². The van der Waals surface area contributed by atoms with Crippen molar-refractivity contribution in [2.45, 2.75) is 6.54 Å². The van der Waals surface area contributed by atoms with E-state index in [1.165, 1.54) is 0 Å². The summed E-state index contributed by atoms with van der Waals surface area (Å²) in [7, 11) is 0. The lowest BCUT2D eigenvalue weighted by atomic mass is 10.3. The highest BCUT2D eigenvalue weighted by Gasteiger charge is 2.08. The number of nitrogens with two attached hydrogens (primary N) is 2. The summed E-state index contributed by atoms with van der Waals surface area (Å²) in [4.78, 5) is 8.05. The smallest absolute Gasteiger partial charge is 0.276 e. The molecule has 2 heterocycles. The molecule has 6 heteroatoms. The number of nitrogens with zero attached hydrogens (tertiary/aromatic N) is 3. The first kappa shape index (κ1) is 8.64. The third-order valence-corrected chi connectivity index (χ3v) is 1.64. The molecular formula is C8H9N5O. The average Bonchev–Trinajstić information content (AvgIpc) is 2.66. The van der Waals surface area contributed by atoms with Gasteiger partial charge in [0.15, 0.2) is 5.82 Å². The topological polar surface area (TPSA) is 104 Å². The summed E-state index contributed by atoms with van der Waals surface area (Å²) in [5.41, 5.74) is 11.4. The predicted octanol–water partition coefficient (Wildman–Crippen LogP) is 0.172. The van der Waals surface area contributed by atoms with Crippen LogP contribution in [0, 0.1) is 0 Å². The highest BCUT2D eigenvalue weighted by Crippen LogP contribution is 2.14. The molecule has 2 aromatic heterocycles. The Morgan fingerprint density at radius 2 is 2.14 bits per heavy atom. The van der Waals surface area contributed by atoms with E-state index in [2.05, 4.69) is 15.1 Å². The maximum absolute atomic E-state index is 5.51. The van der Waals surface area contributed by atoms with E-state index < -0.39 is 0 Å². The molecule has 14 heavy (non-hydrogen) atoms. The minimum atomic E-state index is 0.242. The number of pyridine rings is 1. The molecule has 0 saturated heterocycles. The van der Waals surface area contributed by atoms with Gasteiger partial charge < -0.3 is 16.0 Å². The van der Waals surface area contributed by atoms with E-state index in [4.69, 9.17) is 16.0 Å². The Bertz CT molecular complexity index is 439. The van der Waals surface area contributed by atoms with E-state index in [0.29, 0.717) is 23.2 Å². The zero-order valence-electron chi connectivity index (χ0n) is 7.34.